The van der Waals surface area contributed by atoms with Crippen molar-refractivity contribution in [3.05, 3.63) is 41.2 Å². The molecule has 1 fully saturated rings. The van der Waals surface area contributed by atoms with E-state index in [1.54, 1.807) is 4.52 Å². The Labute approximate surface area is 144 Å². The van der Waals surface area contributed by atoms with Crippen LogP contribution < -0.4 is 5.32 Å². The highest BCUT2D eigenvalue weighted by atomic mass is 16.5. The summed E-state index contributed by atoms with van der Waals surface area (Å²) in [6.07, 6.45) is 3.68. The van der Waals surface area contributed by atoms with Crippen LogP contribution in [0.15, 0.2) is 22.9 Å². The van der Waals surface area contributed by atoms with E-state index in [9.17, 15) is 4.79 Å². The minimum Gasteiger partial charge on any atom is -0.361 e. The predicted octanol–water partition coefficient (Wildman–Crippen LogP) is 3.01. The van der Waals surface area contributed by atoms with E-state index >= 15 is 0 Å². The largest absolute Gasteiger partial charge is 0.361 e. The molecule has 1 saturated heterocycles. The zero-order valence-electron chi connectivity index (χ0n) is 14.5. The Kier molecular flexibility index (Phi) is 3.67. The van der Waals surface area contributed by atoms with Gasteiger partial charge in [-0.2, -0.15) is 5.10 Å². The molecule has 4 rings (SSSR count). The monoisotopic (exact) mass is 340 g/mol. The van der Waals surface area contributed by atoms with Gasteiger partial charge in [0, 0.05) is 18.3 Å². The molecule has 0 bridgehead atoms. The first-order valence-electron chi connectivity index (χ1n) is 8.37. The Morgan fingerprint density at radius 1 is 1.36 bits per heavy atom. The van der Waals surface area contributed by atoms with Crippen LogP contribution in [0, 0.1) is 20.8 Å². The number of nitrogens with zero attached hydrogens (tertiary/aromatic N) is 5. The van der Waals surface area contributed by atoms with Gasteiger partial charge in [0.15, 0.2) is 5.65 Å². The van der Waals surface area contributed by atoms with Gasteiger partial charge in [-0.05, 0) is 45.7 Å². The minimum atomic E-state index is -0.142. The van der Waals surface area contributed by atoms with Crippen LogP contribution in [0.25, 0.3) is 5.65 Å². The first-order chi connectivity index (χ1) is 12.0. The molecule has 0 unspecified atom stereocenters. The van der Waals surface area contributed by atoms with Crippen molar-refractivity contribution in [1.29, 1.82) is 0 Å². The Balaban J connectivity index is 1.62. The van der Waals surface area contributed by atoms with Gasteiger partial charge in [0.2, 0.25) is 0 Å². The summed E-state index contributed by atoms with van der Waals surface area (Å²) in [6, 6.07) is 3.52. The van der Waals surface area contributed by atoms with Crippen LogP contribution in [0.1, 0.15) is 41.7 Å². The molecule has 1 atom stereocenters. The molecule has 8 nitrogen and oxygen atoms in total. The van der Waals surface area contributed by atoms with Crippen molar-refractivity contribution in [3.8, 4) is 0 Å². The lowest BCUT2D eigenvalue weighted by Gasteiger charge is -2.25. The molecule has 0 aromatic carbocycles. The molecule has 4 heterocycles. The number of urea groups is 1. The van der Waals surface area contributed by atoms with Crippen molar-refractivity contribution < 1.29 is 9.32 Å². The van der Waals surface area contributed by atoms with Crippen LogP contribution in [0.5, 0.6) is 0 Å². The second-order valence-corrected chi connectivity index (χ2v) is 6.37. The van der Waals surface area contributed by atoms with E-state index in [1.807, 2.05) is 44.0 Å². The predicted molar refractivity (Wildman–Crippen MR) is 91.4 cm³/mol. The third kappa shape index (κ3) is 2.63. The third-order valence-corrected chi connectivity index (χ3v) is 4.65. The van der Waals surface area contributed by atoms with E-state index in [0.717, 1.165) is 29.9 Å². The number of hydrogen-bond acceptors (Lipinski definition) is 5. The molecule has 1 N–H and O–H groups in total. The number of fused-ring (bicyclic) bond motifs is 1. The Morgan fingerprint density at radius 2 is 2.20 bits per heavy atom. The number of pyridine rings is 1. The standard InChI is InChI=1S/C17H20N6O2/c1-10-15(11(2)25-21-10)14-7-5-8-22(14)17(24)19-13-6-4-9-23-16(13)18-12(3)20-23/h4,6,9,14H,5,7-8H2,1-3H3,(H,19,24)/t14-/m0/s1. The SMILES string of the molecule is Cc1nc2c(NC(=O)N3CCC[C@H]3c3c(C)noc3C)cccn2n1. The third-order valence-electron chi connectivity index (χ3n) is 4.65. The minimum absolute atomic E-state index is 0.00871. The van der Waals surface area contributed by atoms with Crippen molar-refractivity contribution in [2.45, 2.75) is 39.7 Å². The number of rotatable bonds is 2. The zero-order chi connectivity index (χ0) is 17.6. The molecule has 25 heavy (non-hydrogen) atoms. The second kappa shape index (κ2) is 5.87. The van der Waals surface area contributed by atoms with Crippen LogP contribution >= 0.6 is 0 Å². The fourth-order valence-corrected chi connectivity index (χ4v) is 3.57. The lowest BCUT2D eigenvalue weighted by molar-refractivity contribution is 0.206. The topological polar surface area (TPSA) is 88.6 Å². The quantitative estimate of drug-likeness (QED) is 0.774. The van der Waals surface area contributed by atoms with Gasteiger partial charge in [-0.3, -0.25) is 0 Å². The zero-order valence-corrected chi connectivity index (χ0v) is 14.5. The van der Waals surface area contributed by atoms with E-state index < -0.39 is 0 Å². The number of carbonyl (C=O) groups is 1. The Hall–Kier alpha value is -2.90. The summed E-state index contributed by atoms with van der Waals surface area (Å²) in [5.41, 5.74) is 3.15. The van der Waals surface area contributed by atoms with Crippen LogP contribution in [0.2, 0.25) is 0 Å². The molecule has 8 heteroatoms. The number of hydrogen-bond donors (Lipinski definition) is 1. The van der Waals surface area contributed by atoms with E-state index in [-0.39, 0.29) is 12.1 Å². The highest BCUT2D eigenvalue weighted by Crippen LogP contribution is 2.36. The summed E-state index contributed by atoms with van der Waals surface area (Å²) < 4.78 is 6.95. The first kappa shape index (κ1) is 15.6. The normalized spacial score (nSPS) is 17.4. The average molecular weight is 340 g/mol. The molecule has 0 spiro atoms. The fraction of sp³-hybridized carbons (Fsp3) is 0.412. The van der Waals surface area contributed by atoms with Crippen LogP contribution in [-0.2, 0) is 0 Å². The fourth-order valence-electron chi connectivity index (χ4n) is 3.57. The lowest BCUT2D eigenvalue weighted by atomic mass is 10.0. The highest BCUT2D eigenvalue weighted by molar-refractivity contribution is 5.93. The number of likely N-dealkylation sites (tertiary alicyclic amines) is 1. The van der Waals surface area contributed by atoms with E-state index in [4.69, 9.17) is 4.52 Å². The van der Waals surface area contributed by atoms with Crippen LogP contribution in [0.4, 0.5) is 10.5 Å². The number of amides is 2. The van der Waals surface area contributed by atoms with E-state index in [0.29, 0.717) is 23.7 Å². The van der Waals surface area contributed by atoms with E-state index in [1.165, 1.54) is 0 Å². The molecule has 3 aromatic heterocycles. The van der Waals surface area contributed by atoms with Crippen LogP contribution in [0.3, 0.4) is 0 Å². The maximum atomic E-state index is 12.9. The highest BCUT2D eigenvalue weighted by Gasteiger charge is 2.34. The number of aromatic nitrogens is 4. The van der Waals surface area contributed by atoms with Gasteiger partial charge in [-0.15, -0.1) is 0 Å². The molecular formula is C17H20N6O2. The van der Waals surface area contributed by atoms with Crippen molar-refractivity contribution in [3.63, 3.8) is 0 Å². The Bertz CT molecular complexity index is 924. The van der Waals surface area contributed by atoms with Gasteiger partial charge in [0.1, 0.15) is 11.6 Å². The van der Waals surface area contributed by atoms with Crippen molar-refractivity contribution >= 4 is 17.4 Å². The molecule has 0 radical (unpaired) electrons. The summed E-state index contributed by atoms with van der Waals surface area (Å²) >= 11 is 0. The number of aryl methyl sites for hydroxylation is 3. The second-order valence-electron chi connectivity index (χ2n) is 6.37. The number of carbonyl (C=O) groups excluding carboxylic acids is 1. The number of nitrogens with one attached hydrogen (secondary N) is 1. The number of anilines is 1. The van der Waals surface area contributed by atoms with Crippen LogP contribution in [-0.4, -0.2) is 37.2 Å². The summed E-state index contributed by atoms with van der Waals surface area (Å²) in [5.74, 6) is 1.44. The molecule has 0 aliphatic carbocycles. The molecule has 1 aliphatic rings. The molecule has 2 amide bonds. The summed E-state index contributed by atoms with van der Waals surface area (Å²) in [5, 5.41) is 11.3. The lowest BCUT2D eigenvalue weighted by Crippen LogP contribution is -2.35. The van der Waals surface area contributed by atoms with Gasteiger partial charge in [0.25, 0.3) is 0 Å². The molecule has 130 valence electrons. The maximum absolute atomic E-state index is 12.9. The smallest absolute Gasteiger partial charge is 0.322 e. The summed E-state index contributed by atoms with van der Waals surface area (Å²) in [7, 11) is 0. The molecular weight excluding hydrogens is 320 g/mol. The van der Waals surface area contributed by atoms with Gasteiger partial charge >= 0.3 is 6.03 Å². The average Bonchev–Trinajstić information content (AvgIpc) is 3.26. The molecule has 0 saturated carbocycles. The van der Waals surface area contributed by atoms with Crippen molar-refractivity contribution in [1.82, 2.24) is 24.7 Å². The van der Waals surface area contributed by atoms with Gasteiger partial charge in [0.05, 0.1) is 17.4 Å². The van der Waals surface area contributed by atoms with Gasteiger partial charge < -0.3 is 14.7 Å². The maximum Gasteiger partial charge on any atom is 0.322 e. The molecule has 3 aromatic rings. The summed E-state index contributed by atoms with van der Waals surface area (Å²) in [6.45, 7) is 6.34. The van der Waals surface area contributed by atoms with Crippen molar-refractivity contribution in [2.24, 2.45) is 0 Å². The van der Waals surface area contributed by atoms with Gasteiger partial charge in [-0.25, -0.2) is 14.3 Å². The molecule has 1 aliphatic heterocycles. The van der Waals surface area contributed by atoms with Gasteiger partial charge in [-0.1, -0.05) is 5.16 Å². The summed E-state index contributed by atoms with van der Waals surface area (Å²) in [4.78, 5) is 19.1. The first-order valence-corrected chi connectivity index (χ1v) is 8.37. The van der Waals surface area contributed by atoms with E-state index in [2.05, 4.69) is 20.6 Å². The van der Waals surface area contributed by atoms with Crippen molar-refractivity contribution in [2.75, 3.05) is 11.9 Å². The Morgan fingerprint density at radius 3 is 2.96 bits per heavy atom.